The van der Waals surface area contributed by atoms with E-state index in [-0.39, 0.29) is 12.0 Å². The largest absolute Gasteiger partial charge is 0.450 e. The van der Waals surface area contributed by atoms with Gasteiger partial charge < -0.3 is 15.0 Å². The van der Waals surface area contributed by atoms with Gasteiger partial charge in [-0.3, -0.25) is 9.69 Å². The first kappa shape index (κ1) is 16.3. The van der Waals surface area contributed by atoms with Gasteiger partial charge in [0.05, 0.1) is 32.8 Å². The molecular formula is C16H24N3O3+. The van der Waals surface area contributed by atoms with Crippen LogP contribution in [0.2, 0.25) is 0 Å². The predicted molar refractivity (Wildman–Crippen MR) is 84.0 cm³/mol. The highest BCUT2D eigenvalue weighted by Crippen LogP contribution is 2.08. The number of anilines is 1. The number of quaternary nitrogens is 1. The van der Waals surface area contributed by atoms with Crippen LogP contribution in [0.5, 0.6) is 0 Å². The molecule has 1 saturated heterocycles. The normalized spacial score (nSPS) is 15.5. The zero-order chi connectivity index (χ0) is 15.9. The molecular weight excluding hydrogens is 282 g/mol. The van der Waals surface area contributed by atoms with Crippen molar-refractivity contribution >= 4 is 17.7 Å². The molecule has 1 heterocycles. The summed E-state index contributed by atoms with van der Waals surface area (Å²) < 4.78 is 4.99. The number of rotatable bonds is 4. The average molecular weight is 306 g/mol. The zero-order valence-corrected chi connectivity index (χ0v) is 13.2. The van der Waals surface area contributed by atoms with Crippen LogP contribution in [0.4, 0.5) is 10.5 Å². The summed E-state index contributed by atoms with van der Waals surface area (Å²) in [7, 11) is 0. The van der Waals surface area contributed by atoms with Crippen molar-refractivity contribution in [3.05, 3.63) is 29.8 Å². The van der Waals surface area contributed by atoms with Crippen molar-refractivity contribution in [2.24, 2.45) is 0 Å². The lowest BCUT2D eigenvalue weighted by Crippen LogP contribution is -3.15. The van der Waals surface area contributed by atoms with Crippen molar-refractivity contribution in [3.63, 3.8) is 0 Å². The van der Waals surface area contributed by atoms with Gasteiger partial charge in [-0.05, 0) is 31.5 Å². The Balaban J connectivity index is 1.76. The second kappa shape index (κ2) is 7.79. The van der Waals surface area contributed by atoms with Crippen LogP contribution in [0.15, 0.2) is 24.3 Å². The van der Waals surface area contributed by atoms with Gasteiger partial charge in [0.15, 0.2) is 6.54 Å². The molecule has 0 aliphatic carbocycles. The molecule has 0 aromatic heterocycles. The summed E-state index contributed by atoms with van der Waals surface area (Å²) >= 11 is 0. The van der Waals surface area contributed by atoms with Crippen LogP contribution in [-0.2, 0) is 9.53 Å². The fourth-order valence-corrected chi connectivity index (χ4v) is 2.55. The molecule has 2 amide bonds. The predicted octanol–water partition coefficient (Wildman–Crippen LogP) is 0.291. The Morgan fingerprint density at radius 3 is 2.68 bits per heavy atom. The fourth-order valence-electron chi connectivity index (χ4n) is 2.55. The number of amides is 2. The summed E-state index contributed by atoms with van der Waals surface area (Å²) in [5.41, 5.74) is 1.95. The SMILES string of the molecule is CCOC(=O)N1CC[NH+](CC(=O)Nc2cccc(C)c2)CC1. The molecule has 1 aromatic carbocycles. The molecule has 0 bridgehead atoms. The molecule has 0 unspecified atom stereocenters. The lowest BCUT2D eigenvalue weighted by Gasteiger charge is -2.31. The molecule has 0 spiro atoms. The molecule has 6 nitrogen and oxygen atoms in total. The molecule has 1 aliphatic heterocycles. The van der Waals surface area contributed by atoms with E-state index in [0.717, 1.165) is 24.3 Å². The van der Waals surface area contributed by atoms with E-state index in [4.69, 9.17) is 4.74 Å². The summed E-state index contributed by atoms with van der Waals surface area (Å²) in [5, 5.41) is 2.92. The summed E-state index contributed by atoms with van der Waals surface area (Å²) in [6.07, 6.45) is -0.259. The minimum atomic E-state index is -0.259. The molecule has 0 radical (unpaired) electrons. The van der Waals surface area contributed by atoms with Gasteiger partial charge in [-0.15, -0.1) is 0 Å². The number of piperazine rings is 1. The van der Waals surface area contributed by atoms with E-state index >= 15 is 0 Å². The quantitative estimate of drug-likeness (QED) is 0.840. The third-order valence-electron chi connectivity index (χ3n) is 3.71. The third-order valence-corrected chi connectivity index (χ3v) is 3.71. The Bertz CT molecular complexity index is 525. The monoisotopic (exact) mass is 306 g/mol. The van der Waals surface area contributed by atoms with Crippen LogP contribution in [0.1, 0.15) is 12.5 Å². The summed E-state index contributed by atoms with van der Waals surface area (Å²) in [5.74, 6) is 0.00480. The molecule has 0 atom stereocenters. The first-order valence-corrected chi connectivity index (χ1v) is 7.70. The first-order valence-electron chi connectivity index (χ1n) is 7.70. The van der Waals surface area contributed by atoms with Crippen LogP contribution >= 0.6 is 0 Å². The van der Waals surface area contributed by atoms with E-state index in [1.54, 1.807) is 11.8 Å². The maximum Gasteiger partial charge on any atom is 0.410 e. The van der Waals surface area contributed by atoms with E-state index in [2.05, 4.69) is 5.32 Å². The molecule has 22 heavy (non-hydrogen) atoms. The van der Waals surface area contributed by atoms with E-state index in [1.807, 2.05) is 31.2 Å². The standard InChI is InChI=1S/C16H23N3O3/c1-3-22-16(21)19-9-7-18(8-10-19)12-15(20)17-14-6-4-5-13(2)11-14/h4-6,11H,3,7-10,12H2,1-2H3,(H,17,20)/p+1. The Labute approximate surface area is 131 Å². The van der Waals surface area contributed by atoms with Crippen LogP contribution in [0.25, 0.3) is 0 Å². The van der Waals surface area contributed by atoms with Crippen molar-refractivity contribution in [2.75, 3.05) is 44.6 Å². The van der Waals surface area contributed by atoms with Gasteiger partial charge in [-0.2, -0.15) is 0 Å². The fraction of sp³-hybridized carbons (Fsp3) is 0.500. The molecule has 2 rings (SSSR count). The number of aryl methyl sites for hydroxylation is 1. The van der Waals surface area contributed by atoms with Crippen molar-refractivity contribution in [1.29, 1.82) is 0 Å². The van der Waals surface area contributed by atoms with Crippen molar-refractivity contribution < 1.29 is 19.2 Å². The third kappa shape index (κ3) is 4.73. The number of carbonyl (C=O) groups excluding carboxylic acids is 2. The van der Waals surface area contributed by atoms with E-state index < -0.39 is 0 Å². The first-order chi connectivity index (χ1) is 10.6. The maximum absolute atomic E-state index is 12.1. The second-order valence-corrected chi connectivity index (χ2v) is 5.53. The van der Waals surface area contributed by atoms with Gasteiger partial charge in [0, 0.05) is 5.69 Å². The number of benzene rings is 1. The van der Waals surface area contributed by atoms with E-state index in [9.17, 15) is 9.59 Å². The second-order valence-electron chi connectivity index (χ2n) is 5.53. The highest BCUT2D eigenvalue weighted by Gasteiger charge is 2.25. The number of ether oxygens (including phenoxy) is 1. The lowest BCUT2D eigenvalue weighted by atomic mass is 10.2. The van der Waals surface area contributed by atoms with Crippen LogP contribution in [0, 0.1) is 6.92 Å². The topological polar surface area (TPSA) is 63.1 Å². The van der Waals surface area contributed by atoms with Crippen molar-refractivity contribution in [2.45, 2.75) is 13.8 Å². The van der Waals surface area contributed by atoms with Crippen LogP contribution < -0.4 is 10.2 Å². The minimum Gasteiger partial charge on any atom is -0.450 e. The Morgan fingerprint density at radius 2 is 2.05 bits per heavy atom. The molecule has 1 aliphatic rings. The number of carbonyl (C=O) groups is 2. The maximum atomic E-state index is 12.1. The molecule has 6 heteroatoms. The number of nitrogens with one attached hydrogen (secondary N) is 2. The summed E-state index contributed by atoms with van der Waals surface area (Å²) in [6, 6.07) is 7.76. The van der Waals surface area contributed by atoms with Gasteiger partial charge >= 0.3 is 6.09 Å². The van der Waals surface area contributed by atoms with Gasteiger partial charge in [0.25, 0.3) is 5.91 Å². The van der Waals surface area contributed by atoms with Gasteiger partial charge in [-0.25, -0.2) is 4.79 Å². The molecule has 2 N–H and O–H groups in total. The molecule has 1 fully saturated rings. The highest BCUT2D eigenvalue weighted by atomic mass is 16.6. The Morgan fingerprint density at radius 1 is 1.32 bits per heavy atom. The smallest absolute Gasteiger partial charge is 0.410 e. The van der Waals surface area contributed by atoms with Crippen LogP contribution in [-0.4, -0.2) is 56.2 Å². The van der Waals surface area contributed by atoms with E-state index in [1.165, 1.54) is 4.90 Å². The number of hydrogen-bond donors (Lipinski definition) is 2. The van der Waals surface area contributed by atoms with Crippen molar-refractivity contribution in [3.8, 4) is 0 Å². The Kier molecular flexibility index (Phi) is 5.77. The van der Waals surface area contributed by atoms with E-state index in [0.29, 0.717) is 26.2 Å². The van der Waals surface area contributed by atoms with Gasteiger partial charge in [0.2, 0.25) is 0 Å². The summed E-state index contributed by atoms with van der Waals surface area (Å²) in [6.45, 7) is 7.40. The zero-order valence-electron chi connectivity index (χ0n) is 13.2. The summed E-state index contributed by atoms with van der Waals surface area (Å²) in [4.78, 5) is 26.6. The van der Waals surface area contributed by atoms with Crippen molar-refractivity contribution in [1.82, 2.24) is 4.90 Å². The average Bonchev–Trinajstić information content (AvgIpc) is 2.48. The lowest BCUT2D eigenvalue weighted by molar-refractivity contribution is -0.895. The minimum absolute atomic E-state index is 0.00480. The molecule has 120 valence electrons. The van der Waals surface area contributed by atoms with Crippen LogP contribution in [0.3, 0.4) is 0 Å². The number of nitrogens with zero attached hydrogens (tertiary/aromatic N) is 1. The van der Waals surface area contributed by atoms with Gasteiger partial charge in [0.1, 0.15) is 0 Å². The molecule has 0 saturated carbocycles. The number of hydrogen-bond acceptors (Lipinski definition) is 3. The highest BCUT2D eigenvalue weighted by molar-refractivity contribution is 5.91. The Hall–Kier alpha value is -2.08. The molecule has 1 aromatic rings. The van der Waals surface area contributed by atoms with Gasteiger partial charge in [-0.1, -0.05) is 12.1 Å².